The van der Waals surface area contributed by atoms with Crippen LogP contribution in [0.15, 0.2) is 16.8 Å². The molecule has 0 saturated carbocycles. The smallest absolute Gasteiger partial charge is 0.184 e. The third kappa shape index (κ3) is 3.00. The third-order valence-electron chi connectivity index (χ3n) is 1.73. The molecule has 0 aromatic heterocycles. The summed E-state index contributed by atoms with van der Waals surface area (Å²) in [5.74, 6) is 0. The van der Waals surface area contributed by atoms with E-state index in [-0.39, 0.29) is 5.11 Å². The number of hydrogen-bond donors (Lipinski definition) is 2. The van der Waals surface area contributed by atoms with Gasteiger partial charge in [0.05, 0.1) is 5.71 Å². The lowest BCUT2D eigenvalue weighted by atomic mass is 10.00. The summed E-state index contributed by atoms with van der Waals surface area (Å²) in [4.78, 5) is 0. The molecule has 1 rings (SSSR count). The molecule has 0 aliphatic heterocycles. The fraction of sp³-hybridized carbons (Fsp3) is 0.500. The van der Waals surface area contributed by atoms with Gasteiger partial charge in [0.1, 0.15) is 0 Å². The molecule has 1 aliphatic carbocycles. The number of nitrogens with one attached hydrogen (secondary N) is 1. The fourth-order valence-electron chi connectivity index (χ4n) is 1.19. The van der Waals surface area contributed by atoms with Crippen molar-refractivity contribution in [3.8, 4) is 0 Å². The maximum atomic E-state index is 5.24. The molecule has 0 bridgehead atoms. The van der Waals surface area contributed by atoms with Crippen molar-refractivity contribution in [2.45, 2.75) is 26.2 Å². The van der Waals surface area contributed by atoms with Crippen molar-refractivity contribution in [1.29, 1.82) is 0 Å². The van der Waals surface area contributed by atoms with Gasteiger partial charge in [-0.2, -0.15) is 5.10 Å². The highest BCUT2D eigenvalue weighted by Crippen LogP contribution is 2.14. The van der Waals surface area contributed by atoms with E-state index in [1.54, 1.807) is 0 Å². The van der Waals surface area contributed by atoms with Crippen molar-refractivity contribution in [2.75, 3.05) is 0 Å². The van der Waals surface area contributed by atoms with Gasteiger partial charge < -0.3 is 5.73 Å². The van der Waals surface area contributed by atoms with Gasteiger partial charge in [-0.3, -0.25) is 5.43 Å². The zero-order valence-electron chi connectivity index (χ0n) is 7.13. The van der Waals surface area contributed by atoms with Crippen LogP contribution in [0.1, 0.15) is 26.2 Å². The molecule has 0 unspecified atom stereocenters. The summed E-state index contributed by atoms with van der Waals surface area (Å²) in [7, 11) is 0. The second-order valence-corrected chi connectivity index (χ2v) is 3.36. The van der Waals surface area contributed by atoms with Crippen LogP contribution in [0, 0.1) is 0 Å². The van der Waals surface area contributed by atoms with E-state index in [2.05, 4.69) is 35.7 Å². The van der Waals surface area contributed by atoms with E-state index in [0.29, 0.717) is 0 Å². The van der Waals surface area contributed by atoms with Crippen LogP contribution in [0.5, 0.6) is 0 Å². The standard InChI is InChI=1S/C8H13N3S/c1-6-3-2-4-7(5-6)10-11-8(9)12/h5H,2-4H2,1H3,(H3,9,11,12)/b10-7-. The Bertz CT molecular complexity index is 243. The van der Waals surface area contributed by atoms with E-state index in [4.69, 9.17) is 5.73 Å². The number of nitrogens with two attached hydrogens (primary N) is 1. The van der Waals surface area contributed by atoms with E-state index < -0.39 is 0 Å². The Hall–Kier alpha value is -0.900. The molecule has 3 N–H and O–H groups in total. The van der Waals surface area contributed by atoms with Crippen LogP contribution in [-0.2, 0) is 0 Å². The van der Waals surface area contributed by atoms with Gasteiger partial charge in [-0.25, -0.2) is 0 Å². The number of nitrogens with zero attached hydrogens (tertiary/aromatic N) is 1. The summed E-state index contributed by atoms with van der Waals surface area (Å²) in [5, 5.41) is 4.28. The first-order chi connectivity index (χ1) is 5.68. The van der Waals surface area contributed by atoms with E-state index >= 15 is 0 Å². The average Bonchev–Trinajstić information content (AvgIpc) is 2.01. The molecule has 0 heterocycles. The van der Waals surface area contributed by atoms with Crippen molar-refractivity contribution in [3.05, 3.63) is 11.6 Å². The number of rotatable bonds is 1. The van der Waals surface area contributed by atoms with Gasteiger partial charge in [0.15, 0.2) is 5.11 Å². The Morgan fingerprint density at radius 1 is 1.67 bits per heavy atom. The number of allylic oxidation sites excluding steroid dienone is 2. The molecule has 66 valence electrons. The minimum atomic E-state index is 0.221. The summed E-state index contributed by atoms with van der Waals surface area (Å²) in [5.41, 5.74) is 10.2. The van der Waals surface area contributed by atoms with Crippen LogP contribution in [-0.4, -0.2) is 10.8 Å². The first-order valence-electron chi connectivity index (χ1n) is 3.97. The van der Waals surface area contributed by atoms with Crippen molar-refractivity contribution < 1.29 is 0 Å². The molecule has 4 heteroatoms. The molecule has 0 atom stereocenters. The highest BCUT2D eigenvalue weighted by molar-refractivity contribution is 7.80. The third-order valence-corrected chi connectivity index (χ3v) is 1.82. The Labute approximate surface area is 77.7 Å². The molecule has 0 fully saturated rings. The van der Waals surface area contributed by atoms with Gasteiger partial charge in [0, 0.05) is 0 Å². The van der Waals surface area contributed by atoms with Gasteiger partial charge >= 0.3 is 0 Å². The summed E-state index contributed by atoms with van der Waals surface area (Å²) in [6, 6.07) is 0. The van der Waals surface area contributed by atoms with Crippen molar-refractivity contribution in [2.24, 2.45) is 10.8 Å². The second kappa shape index (κ2) is 4.21. The molecule has 0 spiro atoms. The molecule has 1 aliphatic rings. The Morgan fingerprint density at radius 2 is 2.42 bits per heavy atom. The molecule has 12 heavy (non-hydrogen) atoms. The second-order valence-electron chi connectivity index (χ2n) is 2.92. The molecule has 0 aromatic carbocycles. The molecule has 0 saturated heterocycles. The van der Waals surface area contributed by atoms with Crippen LogP contribution < -0.4 is 11.2 Å². The number of hydrazone groups is 1. The van der Waals surface area contributed by atoms with E-state index in [9.17, 15) is 0 Å². The molecular weight excluding hydrogens is 170 g/mol. The summed E-state index contributed by atoms with van der Waals surface area (Å²) in [6.45, 7) is 2.11. The van der Waals surface area contributed by atoms with Crippen LogP contribution >= 0.6 is 12.2 Å². The van der Waals surface area contributed by atoms with Crippen molar-refractivity contribution in [1.82, 2.24) is 5.43 Å². The normalized spacial score (nSPS) is 20.4. The van der Waals surface area contributed by atoms with E-state index in [1.807, 2.05) is 0 Å². The van der Waals surface area contributed by atoms with Crippen molar-refractivity contribution >= 4 is 23.0 Å². The monoisotopic (exact) mass is 183 g/mol. The molecule has 0 radical (unpaired) electrons. The Kier molecular flexibility index (Phi) is 3.22. The van der Waals surface area contributed by atoms with Gasteiger partial charge in [-0.15, -0.1) is 0 Å². The lowest BCUT2D eigenvalue weighted by Crippen LogP contribution is -2.25. The Morgan fingerprint density at radius 3 is 3.00 bits per heavy atom. The molecule has 0 aromatic rings. The quantitative estimate of drug-likeness (QED) is 0.476. The first-order valence-corrected chi connectivity index (χ1v) is 4.38. The summed E-state index contributed by atoms with van der Waals surface area (Å²) >= 11 is 4.63. The van der Waals surface area contributed by atoms with Crippen LogP contribution in [0.25, 0.3) is 0 Å². The maximum absolute atomic E-state index is 5.24. The largest absolute Gasteiger partial charge is 0.375 e. The first kappa shape index (κ1) is 9.19. The van der Waals surface area contributed by atoms with Gasteiger partial charge in [0.2, 0.25) is 0 Å². The van der Waals surface area contributed by atoms with Crippen LogP contribution in [0.3, 0.4) is 0 Å². The van der Waals surface area contributed by atoms with Crippen molar-refractivity contribution in [3.63, 3.8) is 0 Å². The highest BCUT2D eigenvalue weighted by atomic mass is 32.1. The molecule has 3 nitrogen and oxygen atoms in total. The maximum Gasteiger partial charge on any atom is 0.184 e. The predicted octanol–water partition coefficient (Wildman–Crippen LogP) is 1.31. The zero-order chi connectivity index (χ0) is 8.97. The molecular formula is C8H13N3S. The summed E-state index contributed by atoms with van der Waals surface area (Å²) in [6.07, 6.45) is 5.42. The van der Waals surface area contributed by atoms with Crippen LogP contribution in [0.4, 0.5) is 0 Å². The van der Waals surface area contributed by atoms with Gasteiger partial charge in [-0.05, 0) is 44.5 Å². The lowest BCUT2D eigenvalue weighted by Gasteiger charge is -2.10. The van der Waals surface area contributed by atoms with E-state index in [0.717, 1.165) is 12.1 Å². The van der Waals surface area contributed by atoms with E-state index in [1.165, 1.54) is 18.4 Å². The molecule has 0 amide bonds. The summed E-state index contributed by atoms with van der Waals surface area (Å²) < 4.78 is 0. The minimum Gasteiger partial charge on any atom is -0.375 e. The zero-order valence-corrected chi connectivity index (χ0v) is 7.95. The van der Waals surface area contributed by atoms with Gasteiger partial charge in [-0.1, -0.05) is 5.57 Å². The number of hydrogen-bond acceptors (Lipinski definition) is 2. The predicted molar refractivity (Wildman–Crippen MR) is 55.0 cm³/mol. The van der Waals surface area contributed by atoms with Gasteiger partial charge in [0.25, 0.3) is 0 Å². The average molecular weight is 183 g/mol. The fourth-order valence-corrected chi connectivity index (χ4v) is 1.24. The minimum absolute atomic E-state index is 0.221. The number of thiocarbonyl (C=S) groups is 1. The topological polar surface area (TPSA) is 50.4 Å². The highest BCUT2D eigenvalue weighted by Gasteiger charge is 2.04. The Balaban J connectivity index is 2.56. The van der Waals surface area contributed by atoms with Crippen LogP contribution in [0.2, 0.25) is 0 Å². The lowest BCUT2D eigenvalue weighted by molar-refractivity contribution is 0.826. The SMILES string of the molecule is CC1=C/C(=N\NC(N)=S)CCC1.